The second-order valence-corrected chi connectivity index (χ2v) is 6.09. The summed E-state index contributed by atoms with van der Waals surface area (Å²) >= 11 is 0. The minimum Gasteiger partial charge on any atom is -0.214 e. The first-order valence-electron chi connectivity index (χ1n) is 5.43. The molecule has 0 saturated heterocycles. The molecule has 0 fully saturated rings. The van der Waals surface area contributed by atoms with Crippen LogP contribution in [-0.4, -0.2) is 5.87 Å². The number of aliphatic imine (C=N–C) groups is 1. The first kappa shape index (κ1) is 12.0. The molecule has 0 aromatic rings. The van der Waals surface area contributed by atoms with Crippen LogP contribution < -0.4 is 0 Å². The monoisotopic (exact) mass is 203 g/mol. The van der Waals surface area contributed by atoms with Crippen molar-refractivity contribution in [2.45, 2.75) is 41.5 Å². The summed E-state index contributed by atoms with van der Waals surface area (Å²) in [6, 6.07) is 0. The normalized spacial score (nSPS) is 17.2. The van der Waals surface area contributed by atoms with Gasteiger partial charge in [0.2, 0.25) is 0 Å². The Kier molecular flexibility index (Phi) is 3.06. The van der Waals surface area contributed by atoms with Crippen molar-refractivity contribution in [3.63, 3.8) is 0 Å². The summed E-state index contributed by atoms with van der Waals surface area (Å²) in [6.45, 7) is 13.2. The predicted octanol–water partition coefficient (Wildman–Crippen LogP) is 4.13. The quantitative estimate of drug-likeness (QED) is 0.561. The first-order valence-corrected chi connectivity index (χ1v) is 5.43. The van der Waals surface area contributed by atoms with Crippen molar-refractivity contribution in [2.24, 2.45) is 15.8 Å². The first-order chi connectivity index (χ1) is 6.71. The largest absolute Gasteiger partial charge is 0.214 e. The molecule has 0 radical (unpaired) electrons. The van der Waals surface area contributed by atoms with Crippen LogP contribution in [0.2, 0.25) is 0 Å². The van der Waals surface area contributed by atoms with E-state index in [1.54, 1.807) is 0 Å². The molecule has 1 heterocycles. The van der Waals surface area contributed by atoms with Crippen LogP contribution in [0.5, 0.6) is 0 Å². The van der Waals surface area contributed by atoms with E-state index < -0.39 is 0 Å². The highest BCUT2D eigenvalue weighted by atomic mass is 14.7. The molecule has 0 aromatic heterocycles. The zero-order valence-electron chi connectivity index (χ0n) is 10.7. The Morgan fingerprint density at radius 3 is 1.93 bits per heavy atom. The van der Waals surface area contributed by atoms with E-state index in [1.807, 2.05) is 12.3 Å². The molecule has 0 N–H and O–H groups in total. The SMILES string of the molecule is CC(C)(C)C1=CN=C=CC(C(C)(C)C)=C1. The van der Waals surface area contributed by atoms with Gasteiger partial charge in [0.15, 0.2) is 0 Å². The van der Waals surface area contributed by atoms with Crippen molar-refractivity contribution in [2.75, 3.05) is 0 Å². The van der Waals surface area contributed by atoms with Gasteiger partial charge in [0.05, 0.1) is 0 Å². The average Bonchev–Trinajstić information content (AvgIpc) is 2.24. The molecule has 0 spiro atoms. The number of hydrogen-bond acceptors (Lipinski definition) is 1. The molecule has 0 aromatic carbocycles. The highest BCUT2D eigenvalue weighted by molar-refractivity contribution is 5.62. The van der Waals surface area contributed by atoms with E-state index >= 15 is 0 Å². The van der Waals surface area contributed by atoms with Gasteiger partial charge in [0.25, 0.3) is 0 Å². The lowest BCUT2D eigenvalue weighted by atomic mass is 9.80. The molecule has 15 heavy (non-hydrogen) atoms. The van der Waals surface area contributed by atoms with E-state index in [1.165, 1.54) is 11.1 Å². The minimum atomic E-state index is 0.139. The zero-order chi connectivity index (χ0) is 11.7. The lowest BCUT2D eigenvalue weighted by molar-refractivity contribution is 0.498. The molecule has 0 bridgehead atoms. The molecular formula is C14H21N. The summed E-state index contributed by atoms with van der Waals surface area (Å²) in [5, 5.41) is 0. The number of nitrogens with zero attached hydrogens (tertiary/aromatic N) is 1. The second kappa shape index (κ2) is 3.83. The van der Waals surface area contributed by atoms with Gasteiger partial charge < -0.3 is 0 Å². The van der Waals surface area contributed by atoms with Crippen molar-refractivity contribution >= 4 is 5.87 Å². The molecule has 0 unspecified atom stereocenters. The van der Waals surface area contributed by atoms with Crippen molar-refractivity contribution in [1.82, 2.24) is 0 Å². The van der Waals surface area contributed by atoms with Gasteiger partial charge in [-0.2, -0.15) is 0 Å². The number of rotatable bonds is 0. The van der Waals surface area contributed by atoms with Gasteiger partial charge >= 0.3 is 0 Å². The van der Waals surface area contributed by atoms with Crippen molar-refractivity contribution in [1.29, 1.82) is 0 Å². The summed E-state index contributed by atoms with van der Waals surface area (Å²) in [4.78, 5) is 4.16. The minimum absolute atomic E-state index is 0.139. The van der Waals surface area contributed by atoms with Gasteiger partial charge in [-0.15, -0.1) is 0 Å². The summed E-state index contributed by atoms with van der Waals surface area (Å²) < 4.78 is 0. The third-order valence-corrected chi connectivity index (χ3v) is 2.54. The van der Waals surface area contributed by atoms with Crippen LogP contribution in [-0.2, 0) is 0 Å². The third-order valence-electron chi connectivity index (χ3n) is 2.54. The molecule has 0 saturated carbocycles. The molecule has 1 aliphatic heterocycles. The Balaban J connectivity index is 3.17. The van der Waals surface area contributed by atoms with Crippen LogP contribution >= 0.6 is 0 Å². The van der Waals surface area contributed by atoms with E-state index in [-0.39, 0.29) is 10.8 Å². The summed E-state index contributed by atoms with van der Waals surface area (Å²) in [5.74, 6) is 2.96. The Bertz CT molecular complexity index is 361. The maximum Gasteiger partial charge on any atom is 0.0405 e. The van der Waals surface area contributed by atoms with Crippen LogP contribution in [0.1, 0.15) is 41.5 Å². The van der Waals surface area contributed by atoms with Crippen LogP contribution in [0, 0.1) is 10.8 Å². The fourth-order valence-corrected chi connectivity index (χ4v) is 1.30. The molecule has 1 heteroatoms. The molecular weight excluding hydrogens is 182 g/mol. The van der Waals surface area contributed by atoms with E-state index in [0.29, 0.717) is 0 Å². The van der Waals surface area contributed by atoms with Crippen molar-refractivity contribution < 1.29 is 0 Å². The Labute approximate surface area is 93.3 Å². The molecule has 1 nitrogen and oxygen atoms in total. The van der Waals surface area contributed by atoms with E-state index in [2.05, 4.69) is 58.5 Å². The van der Waals surface area contributed by atoms with Gasteiger partial charge in [0.1, 0.15) is 0 Å². The summed E-state index contributed by atoms with van der Waals surface area (Å²) in [5.41, 5.74) is 2.83. The molecule has 0 aliphatic carbocycles. The number of allylic oxidation sites excluding steroid dienone is 4. The van der Waals surface area contributed by atoms with Gasteiger partial charge in [-0.3, -0.25) is 0 Å². The lowest BCUT2D eigenvalue weighted by Crippen LogP contribution is -2.12. The fraction of sp³-hybridized carbons (Fsp3) is 0.571. The summed E-state index contributed by atoms with van der Waals surface area (Å²) in [7, 11) is 0. The van der Waals surface area contributed by atoms with Crippen LogP contribution in [0.25, 0.3) is 0 Å². The van der Waals surface area contributed by atoms with Gasteiger partial charge in [-0.05, 0) is 27.8 Å². The highest BCUT2D eigenvalue weighted by Crippen LogP contribution is 2.33. The molecule has 1 rings (SSSR count). The van der Waals surface area contributed by atoms with E-state index in [0.717, 1.165) is 0 Å². The second-order valence-electron chi connectivity index (χ2n) is 6.09. The van der Waals surface area contributed by atoms with Gasteiger partial charge in [-0.25, -0.2) is 4.99 Å². The number of hydrogen-bond donors (Lipinski definition) is 0. The Morgan fingerprint density at radius 2 is 1.47 bits per heavy atom. The third kappa shape index (κ3) is 3.21. The Hall–Kier alpha value is -1.07. The van der Waals surface area contributed by atoms with E-state index in [4.69, 9.17) is 0 Å². The van der Waals surface area contributed by atoms with Gasteiger partial charge in [0, 0.05) is 12.3 Å². The topological polar surface area (TPSA) is 12.4 Å². The molecule has 0 amide bonds. The predicted molar refractivity (Wildman–Crippen MR) is 67.1 cm³/mol. The maximum atomic E-state index is 4.16. The maximum absolute atomic E-state index is 4.16. The van der Waals surface area contributed by atoms with Crippen molar-refractivity contribution in [3.05, 3.63) is 29.5 Å². The van der Waals surface area contributed by atoms with Gasteiger partial charge in [-0.1, -0.05) is 47.6 Å². The highest BCUT2D eigenvalue weighted by Gasteiger charge is 2.20. The molecule has 1 aliphatic rings. The standard InChI is InChI=1S/C14H21N/c1-13(2,3)11-7-8-15-10-12(9-11)14(4,5)6/h7,9-10H,1-6H3. The summed E-state index contributed by atoms with van der Waals surface area (Å²) in [6.07, 6.45) is 6.13. The van der Waals surface area contributed by atoms with Crippen LogP contribution in [0.3, 0.4) is 0 Å². The zero-order valence-corrected chi connectivity index (χ0v) is 10.7. The molecule has 0 atom stereocenters. The smallest absolute Gasteiger partial charge is 0.0405 e. The average molecular weight is 203 g/mol. The fourth-order valence-electron chi connectivity index (χ4n) is 1.30. The van der Waals surface area contributed by atoms with E-state index in [9.17, 15) is 0 Å². The van der Waals surface area contributed by atoms with Crippen LogP contribution in [0.4, 0.5) is 0 Å². The lowest BCUT2D eigenvalue weighted by Gasteiger charge is -2.24. The Morgan fingerprint density at radius 1 is 0.933 bits per heavy atom. The van der Waals surface area contributed by atoms with Crippen molar-refractivity contribution in [3.8, 4) is 0 Å². The van der Waals surface area contributed by atoms with Crippen LogP contribution in [0.15, 0.2) is 34.5 Å². The molecule has 82 valence electrons.